The molecule has 0 fully saturated rings. The monoisotopic (exact) mass is 165 g/mol. The molecule has 64 valence electrons. The zero-order chi connectivity index (χ0) is 8.72. The second-order valence-corrected chi connectivity index (χ2v) is 3.02. The molecule has 1 aromatic heterocycles. The second-order valence-electron chi connectivity index (χ2n) is 3.02. The lowest BCUT2D eigenvalue weighted by Gasteiger charge is -2.04. The number of aliphatic hydroxyl groups excluding tert-OH is 1. The summed E-state index contributed by atoms with van der Waals surface area (Å²) in [5.74, 6) is 1.53. The standard InChI is InChI=1S/C8H11N3O/c1-4-7-6(12)3-9-8(7)11-5(2)10-4/h6,12H,3H2,1-2H3,(H,9,10,11). The summed E-state index contributed by atoms with van der Waals surface area (Å²) in [4.78, 5) is 8.37. The third-order valence-electron chi connectivity index (χ3n) is 2.04. The van der Waals surface area contributed by atoms with Gasteiger partial charge in [0.1, 0.15) is 17.7 Å². The largest absolute Gasteiger partial charge is 0.386 e. The lowest BCUT2D eigenvalue weighted by Crippen LogP contribution is -2.00. The Balaban J connectivity index is 2.60. The molecule has 4 heteroatoms. The van der Waals surface area contributed by atoms with Crippen molar-refractivity contribution < 1.29 is 5.11 Å². The van der Waals surface area contributed by atoms with E-state index in [0.29, 0.717) is 6.54 Å². The summed E-state index contributed by atoms with van der Waals surface area (Å²) in [6.07, 6.45) is -0.444. The van der Waals surface area contributed by atoms with E-state index in [9.17, 15) is 5.11 Å². The molecular formula is C8H11N3O. The highest BCUT2D eigenvalue weighted by molar-refractivity contribution is 5.52. The molecule has 0 spiro atoms. The fourth-order valence-electron chi connectivity index (χ4n) is 1.55. The maximum absolute atomic E-state index is 9.51. The van der Waals surface area contributed by atoms with Crippen molar-refractivity contribution in [1.82, 2.24) is 9.97 Å². The maximum atomic E-state index is 9.51. The molecule has 0 bridgehead atoms. The SMILES string of the molecule is Cc1nc(C)c2c(n1)NCC2O. The third kappa shape index (κ3) is 0.956. The van der Waals surface area contributed by atoms with Crippen LogP contribution in [0.4, 0.5) is 5.82 Å². The Labute approximate surface area is 70.7 Å². The van der Waals surface area contributed by atoms with E-state index >= 15 is 0 Å². The van der Waals surface area contributed by atoms with Crippen LogP contribution in [0.2, 0.25) is 0 Å². The molecule has 0 radical (unpaired) electrons. The fourth-order valence-corrected chi connectivity index (χ4v) is 1.55. The van der Waals surface area contributed by atoms with Crippen molar-refractivity contribution in [3.63, 3.8) is 0 Å². The molecule has 0 saturated heterocycles. The van der Waals surface area contributed by atoms with Crippen LogP contribution in [0, 0.1) is 13.8 Å². The van der Waals surface area contributed by atoms with Crippen LogP contribution >= 0.6 is 0 Å². The van der Waals surface area contributed by atoms with Gasteiger partial charge in [0.2, 0.25) is 0 Å². The van der Waals surface area contributed by atoms with Crippen molar-refractivity contribution in [3.8, 4) is 0 Å². The number of hydrogen-bond donors (Lipinski definition) is 2. The van der Waals surface area contributed by atoms with Crippen molar-refractivity contribution in [2.75, 3.05) is 11.9 Å². The van der Waals surface area contributed by atoms with Gasteiger partial charge in [0, 0.05) is 17.8 Å². The molecule has 2 rings (SSSR count). The molecule has 0 aliphatic carbocycles. The number of aromatic nitrogens is 2. The first-order valence-electron chi connectivity index (χ1n) is 3.95. The molecule has 1 aliphatic heterocycles. The maximum Gasteiger partial charge on any atom is 0.135 e. The van der Waals surface area contributed by atoms with E-state index in [-0.39, 0.29) is 0 Å². The average Bonchev–Trinajstić information content (AvgIpc) is 2.31. The number of fused-ring (bicyclic) bond motifs is 1. The lowest BCUT2D eigenvalue weighted by atomic mass is 10.1. The summed E-state index contributed by atoms with van der Waals surface area (Å²) >= 11 is 0. The molecular weight excluding hydrogens is 154 g/mol. The predicted octanol–water partition coefficient (Wildman–Crippen LogP) is 0.552. The van der Waals surface area contributed by atoms with Crippen LogP contribution in [-0.2, 0) is 0 Å². The van der Waals surface area contributed by atoms with Gasteiger partial charge >= 0.3 is 0 Å². The highest BCUT2D eigenvalue weighted by Gasteiger charge is 2.23. The quantitative estimate of drug-likeness (QED) is 0.589. The molecule has 2 N–H and O–H groups in total. The highest BCUT2D eigenvalue weighted by Crippen LogP contribution is 2.29. The Hall–Kier alpha value is -1.16. The van der Waals surface area contributed by atoms with Crippen molar-refractivity contribution in [2.24, 2.45) is 0 Å². The summed E-state index contributed by atoms with van der Waals surface area (Å²) in [6.45, 7) is 4.29. The normalized spacial score (nSPS) is 20.4. The molecule has 1 aromatic rings. The van der Waals surface area contributed by atoms with Crippen molar-refractivity contribution in [2.45, 2.75) is 20.0 Å². The van der Waals surface area contributed by atoms with Crippen LogP contribution in [0.25, 0.3) is 0 Å². The van der Waals surface area contributed by atoms with Crippen molar-refractivity contribution in [3.05, 3.63) is 17.1 Å². The number of nitrogens with zero attached hydrogens (tertiary/aromatic N) is 2. The van der Waals surface area contributed by atoms with Crippen LogP contribution in [0.5, 0.6) is 0 Å². The molecule has 4 nitrogen and oxygen atoms in total. The zero-order valence-corrected chi connectivity index (χ0v) is 7.13. The van der Waals surface area contributed by atoms with E-state index in [1.807, 2.05) is 13.8 Å². The number of rotatable bonds is 0. The molecule has 1 atom stereocenters. The number of aliphatic hydroxyl groups is 1. The molecule has 0 aromatic carbocycles. The number of aryl methyl sites for hydroxylation is 2. The number of β-amino-alcohol motifs (C(OH)–C–C–N with tert-alkyl or cyclic N) is 1. The number of anilines is 1. The molecule has 2 heterocycles. The molecule has 0 amide bonds. The lowest BCUT2D eigenvalue weighted by molar-refractivity contribution is 0.198. The highest BCUT2D eigenvalue weighted by atomic mass is 16.3. The van der Waals surface area contributed by atoms with Crippen LogP contribution in [0.1, 0.15) is 23.2 Å². The summed E-state index contributed by atoms with van der Waals surface area (Å²) < 4.78 is 0. The summed E-state index contributed by atoms with van der Waals surface area (Å²) in [6, 6.07) is 0. The zero-order valence-electron chi connectivity index (χ0n) is 7.13. The van der Waals surface area contributed by atoms with Crippen LogP contribution in [-0.4, -0.2) is 21.6 Å². The topological polar surface area (TPSA) is 58.0 Å². The molecule has 0 saturated carbocycles. The Morgan fingerprint density at radius 1 is 1.42 bits per heavy atom. The van der Waals surface area contributed by atoms with Crippen molar-refractivity contribution in [1.29, 1.82) is 0 Å². The minimum atomic E-state index is -0.444. The van der Waals surface area contributed by atoms with Crippen LogP contribution < -0.4 is 5.32 Å². The van der Waals surface area contributed by atoms with Gasteiger partial charge in [-0.2, -0.15) is 0 Å². The van der Waals surface area contributed by atoms with Gasteiger partial charge in [-0.1, -0.05) is 0 Å². The van der Waals surface area contributed by atoms with Gasteiger partial charge < -0.3 is 10.4 Å². The van der Waals surface area contributed by atoms with E-state index in [4.69, 9.17) is 0 Å². The van der Waals surface area contributed by atoms with Gasteiger partial charge in [-0.25, -0.2) is 9.97 Å². The molecule has 1 unspecified atom stereocenters. The first-order chi connectivity index (χ1) is 5.68. The summed E-state index contributed by atoms with van der Waals surface area (Å²) in [5.41, 5.74) is 1.72. The van der Waals surface area contributed by atoms with Gasteiger partial charge in [-0.15, -0.1) is 0 Å². The van der Waals surface area contributed by atoms with Gasteiger partial charge in [0.15, 0.2) is 0 Å². The van der Waals surface area contributed by atoms with Gasteiger partial charge in [-0.05, 0) is 13.8 Å². The van der Waals surface area contributed by atoms with E-state index in [2.05, 4.69) is 15.3 Å². The minimum Gasteiger partial charge on any atom is -0.386 e. The average molecular weight is 165 g/mol. The third-order valence-corrected chi connectivity index (χ3v) is 2.04. The van der Waals surface area contributed by atoms with E-state index < -0.39 is 6.10 Å². The van der Waals surface area contributed by atoms with E-state index in [0.717, 1.165) is 22.9 Å². The van der Waals surface area contributed by atoms with Gasteiger partial charge in [0.05, 0.1) is 0 Å². The Morgan fingerprint density at radius 3 is 2.92 bits per heavy atom. The minimum absolute atomic E-state index is 0.444. The first-order valence-corrected chi connectivity index (χ1v) is 3.95. The summed E-state index contributed by atoms with van der Waals surface area (Å²) in [7, 11) is 0. The number of hydrogen-bond acceptors (Lipinski definition) is 4. The number of nitrogens with one attached hydrogen (secondary N) is 1. The molecule has 1 aliphatic rings. The predicted molar refractivity (Wildman–Crippen MR) is 45.0 cm³/mol. The first kappa shape index (κ1) is 7.49. The van der Waals surface area contributed by atoms with Crippen LogP contribution in [0.3, 0.4) is 0 Å². The Morgan fingerprint density at radius 2 is 2.17 bits per heavy atom. The summed E-state index contributed by atoms with van der Waals surface area (Å²) in [5, 5.41) is 12.5. The van der Waals surface area contributed by atoms with E-state index in [1.165, 1.54) is 0 Å². The van der Waals surface area contributed by atoms with Gasteiger partial charge in [-0.3, -0.25) is 0 Å². The molecule has 12 heavy (non-hydrogen) atoms. The van der Waals surface area contributed by atoms with Crippen molar-refractivity contribution >= 4 is 5.82 Å². The Kier molecular flexibility index (Phi) is 1.51. The smallest absolute Gasteiger partial charge is 0.135 e. The fraction of sp³-hybridized carbons (Fsp3) is 0.500. The van der Waals surface area contributed by atoms with Crippen LogP contribution in [0.15, 0.2) is 0 Å². The van der Waals surface area contributed by atoms with Gasteiger partial charge in [0.25, 0.3) is 0 Å². The van der Waals surface area contributed by atoms with E-state index in [1.54, 1.807) is 0 Å². The Bertz CT molecular complexity index is 324. The second kappa shape index (κ2) is 2.42.